The molecule has 196 valence electrons. The maximum Gasteiger partial charge on any atom is 0.573 e. The fourth-order valence-electron chi connectivity index (χ4n) is 3.08. The number of hydrogen-bond donors (Lipinski definition) is 3. The minimum Gasteiger partial charge on any atom is -0.406 e. The van der Waals surface area contributed by atoms with Crippen molar-refractivity contribution in [2.75, 3.05) is 10.0 Å². The first-order valence-electron chi connectivity index (χ1n) is 9.81. The summed E-state index contributed by atoms with van der Waals surface area (Å²) in [5.74, 6) is -2.05. The highest BCUT2D eigenvalue weighted by Gasteiger charge is 2.36. The van der Waals surface area contributed by atoms with Crippen molar-refractivity contribution in [2.24, 2.45) is 0 Å². The molecule has 0 spiro atoms. The molecule has 0 heterocycles. The van der Waals surface area contributed by atoms with Gasteiger partial charge in [-0.2, -0.15) is 13.2 Å². The standard InChI is InChI=1S/C22H14ClF6N3O4S/c23-17-6-2-5-16(21(24,25)26)19(17)20(33)31-13-8-7-12(11-30)18(9-13)32-37(34,35)15-4-1-3-14(10-15)36-22(27,28)29/h1-11,30,32H,(H,31,33). The van der Waals surface area contributed by atoms with Crippen molar-refractivity contribution in [2.45, 2.75) is 17.4 Å². The molecule has 0 unspecified atom stereocenters. The van der Waals surface area contributed by atoms with E-state index < -0.39 is 55.3 Å². The highest BCUT2D eigenvalue weighted by Crippen LogP contribution is 2.35. The van der Waals surface area contributed by atoms with Crippen LogP contribution in [-0.4, -0.2) is 26.9 Å². The molecule has 15 heteroatoms. The smallest absolute Gasteiger partial charge is 0.406 e. The van der Waals surface area contributed by atoms with E-state index in [9.17, 15) is 39.6 Å². The van der Waals surface area contributed by atoms with Crippen LogP contribution in [-0.2, 0) is 16.2 Å². The van der Waals surface area contributed by atoms with E-state index in [0.29, 0.717) is 12.1 Å². The Morgan fingerprint density at radius 3 is 2.27 bits per heavy atom. The number of hydrogen-bond acceptors (Lipinski definition) is 5. The van der Waals surface area contributed by atoms with E-state index in [-0.39, 0.29) is 16.9 Å². The molecule has 0 radical (unpaired) electrons. The summed E-state index contributed by atoms with van der Waals surface area (Å²) < 4.78 is 109. The van der Waals surface area contributed by atoms with Gasteiger partial charge in [-0.25, -0.2) is 8.42 Å². The maximum atomic E-state index is 13.3. The summed E-state index contributed by atoms with van der Waals surface area (Å²) in [6, 6.07) is 9.63. The van der Waals surface area contributed by atoms with E-state index >= 15 is 0 Å². The van der Waals surface area contributed by atoms with Gasteiger partial charge in [0.05, 0.1) is 26.7 Å². The van der Waals surface area contributed by atoms with Gasteiger partial charge in [0.2, 0.25) is 0 Å². The van der Waals surface area contributed by atoms with Crippen molar-refractivity contribution < 1.29 is 44.3 Å². The summed E-state index contributed by atoms with van der Waals surface area (Å²) in [5, 5.41) is 9.17. The van der Waals surface area contributed by atoms with Gasteiger partial charge in [0.1, 0.15) is 5.75 Å². The normalized spacial score (nSPS) is 12.1. The lowest BCUT2D eigenvalue weighted by Crippen LogP contribution is -2.20. The van der Waals surface area contributed by atoms with Gasteiger partial charge in [-0.3, -0.25) is 9.52 Å². The van der Waals surface area contributed by atoms with Crippen molar-refractivity contribution in [3.8, 4) is 5.75 Å². The maximum absolute atomic E-state index is 13.3. The van der Waals surface area contributed by atoms with Gasteiger partial charge in [-0.1, -0.05) is 23.7 Å². The molecular formula is C22H14ClF6N3O4S. The zero-order chi connectivity index (χ0) is 27.6. The summed E-state index contributed by atoms with van der Waals surface area (Å²) in [7, 11) is -4.54. The van der Waals surface area contributed by atoms with Gasteiger partial charge in [-0.05, 0) is 42.5 Å². The van der Waals surface area contributed by atoms with Crippen LogP contribution in [0.5, 0.6) is 5.75 Å². The lowest BCUT2D eigenvalue weighted by atomic mass is 10.1. The molecule has 3 rings (SSSR count). The van der Waals surface area contributed by atoms with Crippen LogP contribution in [0.25, 0.3) is 0 Å². The van der Waals surface area contributed by atoms with E-state index in [1.165, 1.54) is 12.1 Å². The third kappa shape index (κ3) is 6.92. The predicted molar refractivity (Wildman–Crippen MR) is 123 cm³/mol. The van der Waals surface area contributed by atoms with Crippen molar-refractivity contribution in [1.29, 1.82) is 5.41 Å². The third-order valence-electron chi connectivity index (χ3n) is 4.61. The average molecular weight is 566 g/mol. The molecule has 3 N–H and O–H groups in total. The summed E-state index contributed by atoms with van der Waals surface area (Å²) in [5.41, 5.74) is -2.66. The lowest BCUT2D eigenvalue weighted by molar-refractivity contribution is -0.274. The van der Waals surface area contributed by atoms with Crippen molar-refractivity contribution in [3.63, 3.8) is 0 Å². The highest BCUT2D eigenvalue weighted by atomic mass is 35.5. The largest absolute Gasteiger partial charge is 0.573 e. The molecule has 0 aliphatic rings. The number of halogens is 7. The number of anilines is 2. The number of sulfonamides is 1. The second-order valence-corrected chi connectivity index (χ2v) is 9.28. The van der Waals surface area contributed by atoms with Crippen molar-refractivity contribution in [1.82, 2.24) is 0 Å². The molecule has 7 nitrogen and oxygen atoms in total. The molecule has 3 aromatic carbocycles. The second-order valence-electron chi connectivity index (χ2n) is 7.19. The molecule has 0 aliphatic heterocycles. The third-order valence-corrected chi connectivity index (χ3v) is 6.28. The number of rotatable bonds is 7. The zero-order valence-corrected chi connectivity index (χ0v) is 19.6. The molecule has 37 heavy (non-hydrogen) atoms. The SMILES string of the molecule is N=Cc1ccc(NC(=O)c2c(Cl)cccc2C(F)(F)F)cc1NS(=O)(=O)c1cccc(OC(F)(F)F)c1. The van der Waals surface area contributed by atoms with Crippen LogP contribution in [0, 0.1) is 5.41 Å². The number of carbonyl (C=O) groups excluding carboxylic acids is 1. The van der Waals surface area contributed by atoms with E-state index in [1.54, 1.807) is 0 Å². The fraction of sp³-hybridized carbons (Fsp3) is 0.0909. The summed E-state index contributed by atoms with van der Waals surface area (Å²) in [6.45, 7) is 0. The molecule has 0 aromatic heterocycles. The van der Waals surface area contributed by atoms with Crippen LogP contribution < -0.4 is 14.8 Å². The van der Waals surface area contributed by atoms with Crippen LogP contribution >= 0.6 is 11.6 Å². The molecule has 0 bridgehead atoms. The topological polar surface area (TPSA) is 108 Å². The molecule has 0 saturated carbocycles. The number of alkyl halides is 6. The Hall–Kier alpha value is -3.78. The molecule has 0 atom stereocenters. The van der Waals surface area contributed by atoms with E-state index in [2.05, 4.69) is 14.8 Å². The minimum atomic E-state index is -5.07. The number of amides is 1. The number of carbonyl (C=O) groups is 1. The molecule has 1 amide bonds. The highest BCUT2D eigenvalue weighted by molar-refractivity contribution is 7.92. The summed E-state index contributed by atoms with van der Waals surface area (Å²) in [4.78, 5) is 12.0. The first-order valence-corrected chi connectivity index (χ1v) is 11.7. The van der Waals surface area contributed by atoms with Gasteiger partial charge in [0.15, 0.2) is 0 Å². The first kappa shape index (κ1) is 27.8. The molecule has 3 aromatic rings. The van der Waals surface area contributed by atoms with Crippen molar-refractivity contribution in [3.05, 3.63) is 82.4 Å². The molecule has 0 fully saturated rings. The van der Waals surface area contributed by atoms with Gasteiger partial charge in [0, 0.05) is 23.5 Å². The van der Waals surface area contributed by atoms with Crippen LogP contribution in [0.3, 0.4) is 0 Å². The summed E-state index contributed by atoms with van der Waals surface area (Å²) in [6.07, 6.45) is -9.22. The minimum absolute atomic E-state index is 0.0296. The molecule has 0 saturated heterocycles. The van der Waals surface area contributed by atoms with Crippen LogP contribution in [0.15, 0.2) is 65.6 Å². The Morgan fingerprint density at radius 2 is 1.65 bits per heavy atom. The Balaban J connectivity index is 1.93. The van der Waals surface area contributed by atoms with Gasteiger partial charge >= 0.3 is 12.5 Å². The van der Waals surface area contributed by atoms with Gasteiger partial charge in [0.25, 0.3) is 15.9 Å². The monoisotopic (exact) mass is 565 g/mol. The number of ether oxygens (including phenoxy) is 1. The van der Waals surface area contributed by atoms with E-state index in [1.807, 2.05) is 0 Å². The lowest BCUT2D eigenvalue weighted by Gasteiger charge is -2.16. The van der Waals surface area contributed by atoms with Gasteiger partial charge < -0.3 is 15.5 Å². The van der Waals surface area contributed by atoms with E-state index in [0.717, 1.165) is 42.6 Å². The van der Waals surface area contributed by atoms with E-state index in [4.69, 9.17) is 17.0 Å². The second kappa shape index (κ2) is 10.3. The van der Waals surface area contributed by atoms with Gasteiger partial charge in [-0.15, -0.1) is 13.2 Å². The number of benzene rings is 3. The predicted octanol–water partition coefficient (Wildman–Crippen LogP) is 6.31. The Kier molecular flexibility index (Phi) is 7.74. The van der Waals surface area contributed by atoms with Crippen molar-refractivity contribution >= 4 is 45.1 Å². The fourth-order valence-corrected chi connectivity index (χ4v) is 4.45. The molecular weight excluding hydrogens is 552 g/mol. The Labute approximate surface area is 210 Å². The van der Waals surface area contributed by atoms with Crippen LogP contribution in [0.1, 0.15) is 21.5 Å². The Morgan fingerprint density at radius 1 is 0.973 bits per heavy atom. The quantitative estimate of drug-likeness (QED) is 0.230. The number of nitrogens with one attached hydrogen (secondary N) is 3. The average Bonchev–Trinajstić information content (AvgIpc) is 2.77. The zero-order valence-electron chi connectivity index (χ0n) is 18.0. The first-order chi connectivity index (χ1) is 17.1. The van der Waals surface area contributed by atoms with Crippen LogP contribution in [0.4, 0.5) is 37.7 Å². The molecule has 0 aliphatic carbocycles. The Bertz CT molecular complexity index is 1460. The summed E-state index contributed by atoms with van der Waals surface area (Å²) >= 11 is 5.82. The van der Waals surface area contributed by atoms with Crippen LogP contribution in [0.2, 0.25) is 5.02 Å².